The molecule has 1 aliphatic heterocycles. The molecule has 118 valence electrons. The van der Waals surface area contributed by atoms with Gasteiger partial charge < -0.3 is 15.0 Å². The molecule has 3 rings (SSSR count). The Bertz CT molecular complexity index is 710. The van der Waals surface area contributed by atoms with E-state index in [-0.39, 0.29) is 0 Å². The van der Waals surface area contributed by atoms with Gasteiger partial charge in [0.15, 0.2) is 0 Å². The van der Waals surface area contributed by atoms with Crippen molar-refractivity contribution in [3.8, 4) is 11.8 Å². The van der Waals surface area contributed by atoms with Crippen molar-refractivity contribution in [1.82, 2.24) is 4.98 Å². The highest BCUT2D eigenvalue weighted by molar-refractivity contribution is 5.59. The van der Waals surface area contributed by atoms with Gasteiger partial charge in [0.05, 0.1) is 24.4 Å². The minimum Gasteiger partial charge on any atom is -0.495 e. The predicted molar refractivity (Wildman–Crippen MR) is 90.8 cm³/mol. The van der Waals surface area contributed by atoms with Gasteiger partial charge in [-0.05, 0) is 36.6 Å². The Morgan fingerprint density at radius 2 is 2.26 bits per heavy atom. The van der Waals surface area contributed by atoms with Crippen molar-refractivity contribution in [3.63, 3.8) is 0 Å². The number of para-hydroxylation sites is 2. The Kier molecular flexibility index (Phi) is 4.62. The molecule has 1 atom stereocenters. The molecule has 1 aromatic heterocycles. The molecule has 0 bridgehead atoms. The van der Waals surface area contributed by atoms with Gasteiger partial charge in [0.1, 0.15) is 11.6 Å². The largest absolute Gasteiger partial charge is 0.495 e. The molecule has 1 aliphatic rings. The first kappa shape index (κ1) is 15.2. The lowest BCUT2D eigenvalue weighted by molar-refractivity contribution is 0.414. The third-order valence-corrected chi connectivity index (χ3v) is 4.17. The molecule has 5 nitrogen and oxygen atoms in total. The van der Waals surface area contributed by atoms with Crippen LogP contribution in [-0.4, -0.2) is 31.7 Å². The zero-order valence-corrected chi connectivity index (χ0v) is 13.2. The monoisotopic (exact) mass is 308 g/mol. The average Bonchev–Trinajstić information content (AvgIpc) is 3.09. The van der Waals surface area contributed by atoms with E-state index >= 15 is 0 Å². The van der Waals surface area contributed by atoms with E-state index in [0.717, 1.165) is 43.3 Å². The van der Waals surface area contributed by atoms with Crippen LogP contribution in [0.5, 0.6) is 5.75 Å². The Morgan fingerprint density at radius 3 is 3.09 bits per heavy atom. The lowest BCUT2D eigenvalue weighted by Gasteiger charge is -2.21. The van der Waals surface area contributed by atoms with E-state index < -0.39 is 0 Å². The first-order valence-corrected chi connectivity index (χ1v) is 7.78. The molecular weight excluding hydrogens is 288 g/mol. The maximum Gasteiger partial charge on any atom is 0.142 e. The van der Waals surface area contributed by atoms with Crippen LogP contribution in [0.4, 0.5) is 11.5 Å². The van der Waals surface area contributed by atoms with Crippen LogP contribution in [0.25, 0.3) is 0 Å². The Morgan fingerprint density at radius 1 is 1.39 bits per heavy atom. The fraction of sp³-hybridized carbons (Fsp3) is 0.333. The number of benzene rings is 1. The molecule has 1 fully saturated rings. The quantitative estimate of drug-likeness (QED) is 0.920. The number of ether oxygens (including phenoxy) is 1. The highest BCUT2D eigenvalue weighted by Gasteiger charge is 2.24. The molecule has 0 saturated carbocycles. The number of pyridine rings is 1. The minimum atomic E-state index is 0.549. The number of anilines is 2. The van der Waals surface area contributed by atoms with Crippen LogP contribution < -0.4 is 15.0 Å². The number of aromatic nitrogens is 1. The van der Waals surface area contributed by atoms with Crippen LogP contribution in [0.2, 0.25) is 0 Å². The SMILES string of the molecule is COc1ccccc1N1CC[C@@H](CNc2cc(C#N)ccn2)C1. The minimum absolute atomic E-state index is 0.549. The number of hydrogen-bond donors (Lipinski definition) is 1. The second-order valence-electron chi connectivity index (χ2n) is 5.70. The second-order valence-corrected chi connectivity index (χ2v) is 5.70. The van der Waals surface area contributed by atoms with E-state index in [1.807, 2.05) is 18.2 Å². The fourth-order valence-electron chi connectivity index (χ4n) is 2.95. The summed E-state index contributed by atoms with van der Waals surface area (Å²) in [5.74, 6) is 2.23. The Labute approximate surface area is 136 Å². The molecule has 1 N–H and O–H groups in total. The number of nitriles is 1. The summed E-state index contributed by atoms with van der Waals surface area (Å²) in [6.45, 7) is 2.87. The number of methoxy groups -OCH3 is 1. The molecule has 1 aromatic carbocycles. The van der Waals surface area contributed by atoms with Crippen LogP contribution in [0.1, 0.15) is 12.0 Å². The predicted octanol–water partition coefficient (Wildman–Crippen LogP) is 2.90. The van der Waals surface area contributed by atoms with E-state index in [1.54, 1.807) is 25.4 Å². The smallest absolute Gasteiger partial charge is 0.142 e. The van der Waals surface area contributed by atoms with E-state index in [2.05, 4.69) is 27.3 Å². The van der Waals surface area contributed by atoms with Gasteiger partial charge in [-0.15, -0.1) is 0 Å². The van der Waals surface area contributed by atoms with Gasteiger partial charge in [0.25, 0.3) is 0 Å². The zero-order chi connectivity index (χ0) is 16.1. The van der Waals surface area contributed by atoms with E-state index in [4.69, 9.17) is 10.00 Å². The number of hydrogen-bond acceptors (Lipinski definition) is 5. The molecule has 0 amide bonds. The maximum absolute atomic E-state index is 8.93. The van der Waals surface area contributed by atoms with Gasteiger partial charge in [0, 0.05) is 25.8 Å². The molecule has 23 heavy (non-hydrogen) atoms. The Hall–Kier alpha value is -2.74. The molecule has 0 radical (unpaired) electrons. The highest BCUT2D eigenvalue weighted by atomic mass is 16.5. The topological polar surface area (TPSA) is 61.2 Å². The zero-order valence-electron chi connectivity index (χ0n) is 13.2. The van der Waals surface area contributed by atoms with Crippen molar-refractivity contribution >= 4 is 11.5 Å². The molecule has 0 spiro atoms. The van der Waals surface area contributed by atoms with Crippen LogP contribution in [-0.2, 0) is 0 Å². The number of rotatable bonds is 5. The third kappa shape index (κ3) is 3.54. The number of nitrogens with zero attached hydrogens (tertiary/aromatic N) is 3. The summed E-state index contributed by atoms with van der Waals surface area (Å²) in [4.78, 5) is 6.62. The van der Waals surface area contributed by atoms with Crippen LogP contribution in [0.3, 0.4) is 0 Å². The first-order chi connectivity index (χ1) is 11.3. The Balaban J connectivity index is 1.59. The van der Waals surface area contributed by atoms with Crippen molar-refractivity contribution in [2.45, 2.75) is 6.42 Å². The second kappa shape index (κ2) is 7.01. The van der Waals surface area contributed by atoms with Crippen molar-refractivity contribution < 1.29 is 4.74 Å². The lowest BCUT2D eigenvalue weighted by atomic mass is 10.1. The van der Waals surface area contributed by atoms with Gasteiger partial charge >= 0.3 is 0 Å². The molecular formula is C18H20N4O. The highest BCUT2D eigenvalue weighted by Crippen LogP contribution is 2.31. The number of nitrogens with one attached hydrogen (secondary N) is 1. The summed E-state index contributed by atoms with van der Waals surface area (Å²) < 4.78 is 5.45. The summed E-state index contributed by atoms with van der Waals surface area (Å²) in [5.41, 5.74) is 1.78. The molecule has 0 aliphatic carbocycles. The van der Waals surface area contributed by atoms with Gasteiger partial charge in [-0.3, -0.25) is 0 Å². The van der Waals surface area contributed by atoms with Crippen molar-refractivity contribution in [1.29, 1.82) is 5.26 Å². The maximum atomic E-state index is 8.93. The van der Waals surface area contributed by atoms with Gasteiger partial charge in [-0.1, -0.05) is 12.1 Å². The third-order valence-electron chi connectivity index (χ3n) is 4.17. The van der Waals surface area contributed by atoms with Crippen LogP contribution >= 0.6 is 0 Å². The van der Waals surface area contributed by atoms with Crippen molar-refractivity contribution in [2.24, 2.45) is 5.92 Å². The molecule has 2 heterocycles. The summed E-state index contributed by atoms with van der Waals surface area (Å²) in [5, 5.41) is 12.3. The van der Waals surface area contributed by atoms with Gasteiger partial charge in [-0.2, -0.15) is 5.26 Å². The van der Waals surface area contributed by atoms with Gasteiger partial charge in [-0.25, -0.2) is 4.98 Å². The van der Waals surface area contributed by atoms with Crippen molar-refractivity contribution in [2.75, 3.05) is 37.0 Å². The summed E-state index contributed by atoms with van der Waals surface area (Å²) in [6, 6.07) is 13.8. The summed E-state index contributed by atoms with van der Waals surface area (Å²) in [6.07, 6.45) is 2.79. The summed E-state index contributed by atoms with van der Waals surface area (Å²) in [7, 11) is 1.71. The average molecular weight is 308 g/mol. The van der Waals surface area contributed by atoms with Crippen molar-refractivity contribution in [3.05, 3.63) is 48.2 Å². The van der Waals surface area contributed by atoms with Gasteiger partial charge in [0.2, 0.25) is 0 Å². The summed E-state index contributed by atoms with van der Waals surface area (Å²) >= 11 is 0. The molecule has 2 aromatic rings. The fourth-order valence-corrected chi connectivity index (χ4v) is 2.95. The first-order valence-electron chi connectivity index (χ1n) is 7.78. The normalized spacial score (nSPS) is 16.9. The van der Waals surface area contributed by atoms with E-state index in [1.165, 1.54) is 0 Å². The standard InChI is InChI=1S/C18H20N4O/c1-23-17-5-3-2-4-16(17)22-9-7-15(13-22)12-21-18-10-14(11-19)6-8-20-18/h2-6,8,10,15H,7,9,12-13H2,1H3,(H,20,21)/t15-/m0/s1. The van der Waals surface area contributed by atoms with E-state index in [9.17, 15) is 0 Å². The van der Waals surface area contributed by atoms with Crippen LogP contribution in [0.15, 0.2) is 42.6 Å². The van der Waals surface area contributed by atoms with Crippen LogP contribution in [0, 0.1) is 17.2 Å². The lowest BCUT2D eigenvalue weighted by Crippen LogP contribution is -2.23. The molecule has 1 saturated heterocycles. The molecule has 5 heteroatoms. The van der Waals surface area contributed by atoms with E-state index in [0.29, 0.717) is 11.5 Å². The molecule has 0 unspecified atom stereocenters.